The van der Waals surface area contributed by atoms with E-state index < -0.39 is 11.7 Å². The van der Waals surface area contributed by atoms with E-state index >= 15 is 0 Å². The van der Waals surface area contributed by atoms with Crippen molar-refractivity contribution in [2.75, 3.05) is 0 Å². The first-order valence-corrected chi connectivity index (χ1v) is 22.4. The van der Waals surface area contributed by atoms with Crippen molar-refractivity contribution in [3.05, 3.63) is 229 Å². The van der Waals surface area contributed by atoms with Crippen molar-refractivity contribution in [1.82, 2.24) is 24.1 Å². The van der Waals surface area contributed by atoms with Crippen LogP contribution in [-0.4, -0.2) is 24.1 Å². The van der Waals surface area contributed by atoms with E-state index in [-0.39, 0.29) is 0 Å². The van der Waals surface area contributed by atoms with Crippen LogP contribution in [-0.2, 0) is 6.18 Å². The lowest BCUT2D eigenvalue weighted by molar-refractivity contribution is -0.137. The number of hydrogen-bond acceptors (Lipinski definition) is 3. The van der Waals surface area contributed by atoms with Crippen molar-refractivity contribution in [2.45, 2.75) is 13.1 Å². The molecular weight excluding hydrogens is 862 g/mol. The molecule has 69 heavy (non-hydrogen) atoms. The molecule has 9 aromatic carbocycles. The lowest BCUT2D eigenvalue weighted by Crippen LogP contribution is -2.05. The molecule has 0 radical (unpaired) electrons. The first kappa shape index (κ1) is 41.3. The van der Waals surface area contributed by atoms with Crippen molar-refractivity contribution in [3.8, 4) is 67.8 Å². The Hall–Kier alpha value is -9.13. The molecule has 0 atom stereocenters. The average Bonchev–Trinajstić information content (AvgIpc) is 3.90. The number of nitrogens with zero attached hydrogens (tertiary/aromatic N) is 6. The smallest absolute Gasteiger partial charge is 0.309 e. The summed E-state index contributed by atoms with van der Waals surface area (Å²) in [7, 11) is 0. The monoisotopic (exact) mass is 898 g/mol. The lowest BCUT2D eigenvalue weighted by Gasteiger charge is -2.21. The van der Waals surface area contributed by atoms with Gasteiger partial charge < -0.3 is 9.13 Å². The summed E-state index contributed by atoms with van der Waals surface area (Å²) in [5, 5.41) is 3.37. The van der Waals surface area contributed by atoms with Gasteiger partial charge in [-0.3, -0.25) is 0 Å². The Labute approximate surface area is 394 Å². The van der Waals surface area contributed by atoms with Gasteiger partial charge in [-0.15, -0.1) is 0 Å². The number of benzene rings is 9. The zero-order valence-electron chi connectivity index (χ0n) is 36.9. The topological polar surface area (TPSA) is 52.9 Å². The summed E-state index contributed by atoms with van der Waals surface area (Å²) in [5.41, 5.74) is 11.6. The Bertz CT molecular complexity index is 3970. The van der Waals surface area contributed by atoms with E-state index in [1.165, 1.54) is 6.07 Å². The molecule has 0 saturated heterocycles. The molecule has 12 aromatic rings. The van der Waals surface area contributed by atoms with E-state index in [9.17, 15) is 13.2 Å². The standard InChI is InChI=1S/C60H37F3N6/c1-37-24-28-53-47(32-37)45-20-9-11-22-51(45)68(53)55-30-26-42(59-66-57(38-14-5-3-6-15-38)65-58(67-59)39-16-7-4-8-17-39)35-49(55)48-34-41(40-18-13-19-44(33-40)64-2)25-29-54(48)69-52-23-12-10-21-46(52)50-36-43(60(61,62)63)27-31-56(50)69/h3-36H,1H3. The molecule has 9 heteroatoms. The van der Waals surface area contributed by atoms with Crippen LogP contribution in [0.3, 0.4) is 0 Å². The van der Waals surface area contributed by atoms with Crippen molar-refractivity contribution in [3.63, 3.8) is 0 Å². The summed E-state index contributed by atoms with van der Waals surface area (Å²) in [6.45, 7) is 9.94. The number of para-hydroxylation sites is 2. The van der Waals surface area contributed by atoms with Gasteiger partial charge in [-0.25, -0.2) is 19.8 Å². The van der Waals surface area contributed by atoms with Crippen LogP contribution in [0.2, 0.25) is 0 Å². The van der Waals surface area contributed by atoms with Gasteiger partial charge >= 0.3 is 6.18 Å². The third kappa shape index (κ3) is 7.18. The van der Waals surface area contributed by atoms with Gasteiger partial charge in [-0.1, -0.05) is 133 Å². The first-order chi connectivity index (χ1) is 33.7. The van der Waals surface area contributed by atoms with Crippen LogP contribution in [0.1, 0.15) is 11.1 Å². The molecule has 0 aliphatic heterocycles. The fourth-order valence-corrected chi connectivity index (χ4v) is 9.66. The van der Waals surface area contributed by atoms with Gasteiger partial charge in [0.05, 0.1) is 45.6 Å². The van der Waals surface area contributed by atoms with E-state index in [1.54, 1.807) is 12.1 Å². The molecule has 0 spiro atoms. The van der Waals surface area contributed by atoms with Gasteiger partial charge in [0, 0.05) is 49.4 Å². The molecule has 0 aliphatic rings. The van der Waals surface area contributed by atoms with Gasteiger partial charge in [0.1, 0.15) is 0 Å². The largest absolute Gasteiger partial charge is 0.416 e. The van der Waals surface area contributed by atoms with E-state index in [1.807, 2.05) is 127 Å². The van der Waals surface area contributed by atoms with E-state index in [2.05, 4.69) is 75.5 Å². The van der Waals surface area contributed by atoms with Gasteiger partial charge in [0.2, 0.25) is 0 Å². The van der Waals surface area contributed by atoms with E-state index in [0.717, 1.165) is 89.3 Å². The Morgan fingerprint density at radius 1 is 0.406 bits per heavy atom. The maximum absolute atomic E-state index is 14.4. The maximum Gasteiger partial charge on any atom is 0.416 e. The number of aryl methyl sites for hydroxylation is 1. The number of alkyl halides is 3. The molecule has 0 N–H and O–H groups in total. The fraction of sp³-hybridized carbons (Fsp3) is 0.0333. The summed E-state index contributed by atoms with van der Waals surface area (Å²) in [6.07, 6.45) is -4.53. The predicted molar refractivity (Wildman–Crippen MR) is 272 cm³/mol. The number of halogens is 3. The molecule has 0 bridgehead atoms. The Morgan fingerprint density at radius 2 is 0.870 bits per heavy atom. The summed E-state index contributed by atoms with van der Waals surface area (Å²) in [6, 6.07) is 66.1. The number of rotatable bonds is 7. The number of aromatic nitrogens is 5. The predicted octanol–water partition coefficient (Wildman–Crippen LogP) is 16.3. The highest BCUT2D eigenvalue weighted by Crippen LogP contribution is 2.45. The molecule has 3 aromatic heterocycles. The maximum atomic E-state index is 14.4. The highest BCUT2D eigenvalue weighted by atomic mass is 19.4. The molecule has 0 saturated carbocycles. The minimum atomic E-state index is -4.53. The second-order valence-electron chi connectivity index (χ2n) is 17.1. The minimum absolute atomic E-state index is 0.465. The summed E-state index contributed by atoms with van der Waals surface area (Å²) in [4.78, 5) is 19.0. The Balaban J connectivity index is 1.21. The highest BCUT2D eigenvalue weighted by Gasteiger charge is 2.31. The lowest BCUT2D eigenvalue weighted by atomic mass is 9.94. The molecular formula is C60H37F3N6. The molecule has 0 aliphatic carbocycles. The molecule has 3 heterocycles. The van der Waals surface area contributed by atoms with Gasteiger partial charge in [-0.2, -0.15) is 13.2 Å². The summed E-state index contributed by atoms with van der Waals surface area (Å²) in [5.74, 6) is 1.51. The van der Waals surface area contributed by atoms with Crippen LogP contribution in [0, 0.1) is 13.5 Å². The summed E-state index contributed by atoms with van der Waals surface area (Å²) < 4.78 is 47.5. The van der Waals surface area contributed by atoms with Gasteiger partial charge in [0.15, 0.2) is 23.2 Å². The Morgan fingerprint density at radius 3 is 1.45 bits per heavy atom. The zero-order valence-corrected chi connectivity index (χ0v) is 36.9. The number of fused-ring (bicyclic) bond motifs is 6. The average molecular weight is 899 g/mol. The normalized spacial score (nSPS) is 11.8. The quantitative estimate of drug-likeness (QED) is 0.150. The molecule has 328 valence electrons. The molecule has 6 nitrogen and oxygen atoms in total. The second-order valence-corrected chi connectivity index (χ2v) is 17.1. The fourth-order valence-electron chi connectivity index (χ4n) is 9.66. The van der Waals surface area contributed by atoms with Crippen molar-refractivity contribution < 1.29 is 13.2 Å². The van der Waals surface area contributed by atoms with Crippen LogP contribution >= 0.6 is 0 Å². The number of hydrogen-bond donors (Lipinski definition) is 0. The van der Waals surface area contributed by atoms with Crippen LogP contribution < -0.4 is 0 Å². The summed E-state index contributed by atoms with van der Waals surface area (Å²) >= 11 is 0. The van der Waals surface area contributed by atoms with Crippen LogP contribution in [0.4, 0.5) is 18.9 Å². The molecule has 0 fully saturated rings. The van der Waals surface area contributed by atoms with Crippen molar-refractivity contribution in [2.24, 2.45) is 0 Å². The van der Waals surface area contributed by atoms with Crippen LogP contribution in [0.5, 0.6) is 0 Å². The molecule has 0 amide bonds. The molecule has 0 unspecified atom stereocenters. The van der Waals surface area contributed by atoms with E-state index in [0.29, 0.717) is 39.4 Å². The first-order valence-electron chi connectivity index (χ1n) is 22.4. The van der Waals surface area contributed by atoms with Crippen molar-refractivity contribution in [1.29, 1.82) is 0 Å². The van der Waals surface area contributed by atoms with Gasteiger partial charge in [-0.05, 0) is 96.9 Å². The van der Waals surface area contributed by atoms with E-state index in [4.69, 9.17) is 21.5 Å². The van der Waals surface area contributed by atoms with Crippen molar-refractivity contribution >= 4 is 49.3 Å². The minimum Gasteiger partial charge on any atom is -0.309 e. The zero-order chi connectivity index (χ0) is 46.8. The Kier molecular flexibility index (Phi) is 9.78. The van der Waals surface area contributed by atoms with Gasteiger partial charge in [0.25, 0.3) is 0 Å². The third-order valence-electron chi connectivity index (χ3n) is 12.9. The third-order valence-corrected chi connectivity index (χ3v) is 12.9. The highest BCUT2D eigenvalue weighted by molar-refractivity contribution is 6.12. The SMILES string of the molecule is [C-]#[N+]c1cccc(-c2ccc(-n3c4ccccc4c4cc(C(F)(F)F)ccc43)c(-c3cc(-c4nc(-c5ccccc5)nc(-c5ccccc5)n4)ccc3-n3c4ccccc4c4cc(C)ccc43)c2)c1. The van der Waals surface area contributed by atoms with Crippen LogP contribution in [0.25, 0.3) is 116 Å². The van der Waals surface area contributed by atoms with Crippen LogP contribution in [0.15, 0.2) is 206 Å². The second kappa shape index (κ2) is 16.3. The molecule has 12 rings (SSSR count).